The van der Waals surface area contributed by atoms with Crippen molar-refractivity contribution in [1.29, 1.82) is 0 Å². The van der Waals surface area contributed by atoms with Gasteiger partial charge in [0.2, 0.25) is 10.0 Å². The lowest BCUT2D eigenvalue weighted by Crippen LogP contribution is -2.31. The van der Waals surface area contributed by atoms with Gasteiger partial charge in [0.05, 0.1) is 23.1 Å². The van der Waals surface area contributed by atoms with Gasteiger partial charge in [0.25, 0.3) is 0 Å². The molecule has 21 heavy (non-hydrogen) atoms. The van der Waals surface area contributed by atoms with Crippen molar-refractivity contribution in [2.24, 2.45) is 0 Å². The third-order valence-corrected chi connectivity index (χ3v) is 4.50. The van der Waals surface area contributed by atoms with Crippen LogP contribution in [0.5, 0.6) is 0 Å². The number of hydrogen-bond acceptors (Lipinski definition) is 4. The Kier molecular flexibility index (Phi) is 4.79. The van der Waals surface area contributed by atoms with Gasteiger partial charge in [0, 0.05) is 6.61 Å². The standard InChI is InChI=1S/C13H16FNO5S/c14-11-7-9(13(16)17)4-5-12(11)15-21(18,19)8-10-3-1-2-6-20-10/h4-5,7,10,15H,1-3,6,8H2,(H,16,17). The van der Waals surface area contributed by atoms with Crippen LogP contribution in [0.25, 0.3) is 0 Å². The van der Waals surface area contributed by atoms with Crippen LogP contribution in [0.3, 0.4) is 0 Å². The van der Waals surface area contributed by atoms with Crippen molar-refractivity contribution in [1.82, 2.24) is 0 Å². The van der Waals surface area contributed by atoms with E-state index in [1.165, 1.54) is 0 Å². The molecule has 116 valence electrons. The highest BCUT2D eigenvalue weighted by Crippen LogP contribution is 2.19. The van der Waals surface area contributed by atoms with E-state index in [-0.39, 0.29) is 17.0 Å². The molecule has 2 N–H and O–H groups in total. The monoisotopic (exact) mass is 317 g/mol. The number of sulfonamides is 1. The summed E-state index contributed by atoms with van der Waals surface area (Å²) >= 11 is 0. The van der Waals surface area contributed by atoms with E-state index >= 15 is 0 Å². The van der Waals surface area contributed by atoms with E-state index in [0.29, 0.717) is 13.0 Å². The first-order valence-corrected chi connectivity index (χ1v) is 8.17. The summed E-state index contributed by atoms with van der Waals surface area (Å²) in [6, 6.07) is 3.01. The first-order valence-electron chi connectivity index (χ1n) is 6.52. The zero-order chi connectivity index (χ0) is 15.5. The number of ether oxygens (including phenoxy) is 1. The van der Waals surface area contributed by atoms with Crippen LogP contribution < -0.4 is 4.72 Å². The molecular weight excluding hydrogens is 301 g/mol. The van der Waals surface area contributed by atoms with E-state index in [2.05, 4.69) is 4.72 Å². The minimum atomic E-state index is -3.75. The van der Waals surface area contributed by atoms with Crippen LogP contribution in [-0.4, -0.2) is 38.0 Å². The molecule has 0 aliphatic carbocycles. The number of nitrogens with one attached hydrogen (secondary N) is 1. The average molecular weight is 317 g/mol. The molecule has 0 amide bonds. The highest BCUT2D eigenvalue weighted by molar-refractivity contribution is 7.92. The maximum atomic E-state index is 13.7. The second kappa shape index (κ2) is 6.40. The zero-order valence-electron chi connectivity index (χ0n) is 11.2. The van der Waals surface area contributed by atoms with Crippen molar-refractivity contribution in [3.63, 3.8) is 0 Å². The van der Waals surface area contributed by atoms with Crippen molar-refractivity contribution < 1.29 is 27.4 Å². The van der Waals surface area contributed by atoms with Crippen LogP contribution in [0.1, 0.15) is 29.6 Å². The second-order valence-corrected chi connectivity index (χ2v) is 6.64. The predicted molar refractivity (Wildman–Crippen MR) is 74.4 cm³/mol. The Morgan fingerprint density at radius 3 is 2.76 bits per heavy atom. The fourth-order valence-corrected chi connectivity index (χ4v) is 3.46. The van der Waals surface area contributed by atoms with Crippen LogP contribution >= 0.6 is 0 Å². The Morgan fingerprint density at radius 2 is 2.19 bits per heavy atom. The van der Waals surface area contributed by atoms with Gasteiger partial charge in [-0.1, -0.05) is 0 Å². The first kappa shape index (κ1) is 15.7. The number of carboxylic acids is 1. The van der Waals surface area contributed by atoms with Gasteiger partial charge >= 0.3 is 5.97 Å². The normalized spacial score (nSPS) is 19.2. The number of hydrogen-bond donors (Lipinski definition) is 2. The Bertz CT molecular complexity index is 625. The second-order valence-electron chi connectivity index (χ2n) is 4.87. The van der Waals surface area contributed by atoms with E-state index < -0.39 is 27.9 Å². The summed E-state index contributed by atoms with van der Waals surface area (Å²) in [5.74, 6) is -2.45. The maximum absolute atomic E-state index is 13.7. The van der Waals surface area contributed by atoms with Crippen molar-refractivity contribution in [2.75, 3.05) is 17.1 Å². The quantitative estimate of drug-likeness (QED) is 0.864. The van der Waals surface area contributed by atoms with Crippen molar-refractivity contribution in [2.45, 2.75) is 25.4 Å². The van der Waals surface area contributed by atoms with Crippen molar-refractivity contribution in [3.8, 4) is 0 Å². The molecule has 8 heteroatoms. The Balaban J connectivity index is 2.07. The summed E-state index contributed by atoms with van der Waals surface area (Å²) in [5, 5.41) is 8.73. The first-order chi connectivity index (χ1) is 9.87. The minimum absolute atomic E-state index is 0.243. The van der Waals surface area contributed by atoms with Crippen LogP contribution in [0.15, 0.2) is 18.2 Å². The van der Waals surface area contributed by atoms with Gasteiger partial charge in [-0.2, -0.15) is 0 Å². The smallest absolute Gasteiger partial charge is 0.335 e. The SMILES string of the molecule is O=C(O)c1ccc(NS(=O)(=O)CC2CCCCO2)c(F)c1. The molecule has 0 bridgehead atoms. The molecule has 0 radical (unpaired) electrons. The molecule has 1 aromatic carbocycles. The summed E-state index contributed by atoms with van der Waals surface area (Å²) in [6.07, 6.45) is 2.08. The molecule has 0 saturated carbocycles. The number of benzene rings is 1. The predicted octanol–water partition coefficient (Wildman–Crippen LogP) is 1.83. The Labute approximate surface area is 122 Å². The number of rotatable bonds is 5. The number of carbonyl (C=O) groups is 1. The van der Waals surface area contributed by atoms with Crippen LogP contribution in [0.4, 0.5) is 10.1 Å². The maximum Gasteiger partial charge on any atom is 0.335 e. The molecule has 1 fully saturated rings. The fourth-order valence-electron chi connectivity index (χ4n) is 2.12. The minimum Gasteiger partial charge on any atom is -0.478 e. The molecule has 6 nitrogen and oxygen atoms in total. The lowest BCUT2D eigenvalue weighted by molar-refractivity contribution is 0.0306. The van der Waals surface area contributed by atoms with Gasteiger partial charge in [-0.25, -0.2) is 17.6 Å². The fraction of sp³-hybridized carbons (Fsp3) is 0.462. The van der Waals surface area contributed by atoms with Gasteiger partial charge in [-0.3, -0.25) is 4.72 Å². The van der Waals surface area contributed by atoms with Crippen LogP contribution in [-0.2, 0) is 14.8 Å². The average Bonchev–Trinajstić information content (AvgIpc) is 2.41. The third kappa shape index (κ3) is 4.40. The van der Waals surface area contributed by atoms with Crippen molar-refractivity contribution >= 4 is 21.7 Å². The highest BCUT2D eigenvalue weighted by Gasteiger charge is 2.23. The van der Waals surface area contributed by atoms with E-state index in [9.17, 15) is 17.6 Å². The Hall–Kier alpha value is -1.67. The molecule has 1 aliphatic rings. The summed E-state index contributed by atoms with van der Waals surface area (Å²) in [4.78, 5) is 10.7. The third-order valence-electron chi connectivity index (χ3n) is 3.16. The van der Waals surface area contributed by atoms with Crippen LogP contribution in [0, 0.1) is 5.82 Å². The lowest BCUT2D eigenvalue weighted by atomic mass is 10.1. The topological polar surface area (TPSA) is 92.7 Å². The lowest BCUT2D eigenvalue weighted by Gasteiger charge is -2.22. The van der Waals surface area contributed by atoms with Gasteiger partial charge in [-0.05, 0) is 37.5 Å². The molecule has 0 aromatic heterocycles. The van der Waals surface area contributed by atoms with E-state index in [1.54, 1.807) is 0 Å². The van der Waals surface area contributed by atoms with E-state index in [4.69, 9.17) is 9.84 Å². The van der Waals surface area contributed by atoms with E-state index in [1.807, 2.05) is 0 Å². The van der Waals surface area contributed by atoms with Gasteiger partial charge in [0.15, 0.2) is 0 Å². The largest absolute Gasteiger partial charge is 0.478 e. The molecule has 1 unspecified atom stereocenters. The molecule has 1 heterocycles. The molecule has 1 aliphatic heterocycles. The van der Waals surface area contributed by atoms with Crippen LogP contribution in [0.2, 0.25) is 0 Å². The zero-order valence-corrected chi connectivity index (χ0v) is 12.0. The molecule has 0 spiro atoms. The summed E-state index contributed by atoms with van der Waals surface area (Å²) in [6.45, 7) is 0.530. The van der Waals surface area contributed by atoms with Gasteiger partial charge in [-0.15, -0.1) is 0 Å². The number of aromatic carboxylic acids is 1. The van der Waals surface area contributed by atoms with Gasteiger partial charge in [0.1, 0.15) is 5.82 Å². The molecule has 2 rings (SSSR count). The number of carboxylic acid groups (broad SMARTS) is 1. The molecule has 1 saturated heterocycles. The summed E-state index contributed by atoms with van der Waals surface area (Å²) < 4.78 is 45.1. The molecule has 1 atom stereocenters. The van der Waals surface area contributed by atoms with Gasteiger partial charge < -0.3 is 9.84 Å². The summed E-state index contributed by atoms with van der Waals surface area (Å²) in [7, 11) is -3.75. The highest BCUT2D eigenvalue weighted by atomic mass is 32.2. The Morgan fingerprint density at radius 1 is 1.43 bits per heavy atom. The molecular formula is C13H16FNO5S. The molecule has 1 aromatic rings. The summed E-state index contributed by atoms with van der Waals surface area (Å²) in [5.41, 5.74) is -0.512. The number of halogens is 1. The number of anilines is 1. The van der Waals surface area contributed by atoms with E-state index in [0.717, 1.165) is 31.0 Å². The van der Waals surface area contributed by atoms with Crippen molar-refractivity contribution in [3.05, 3.63) is 29.6 Å².